The fourth-order valence-corrected chi connectivity index (χ4v) is 8.68. The first-order chi connectivity index (χ1) is 13.0. The summed E-state index contributed by atoms with van der Waals surface area (Å²) in [4.78, 5) is 39.6. The van der Waals surface area contributed by atoms with Gasteiger partial charge in [0.15, 0.2) is 0 Å². The van der Waals surface area contributed by atoms with E-state index < -0.39 is 0 Å². The molecule has 6 atom stereocenters. The fraction of sp³-hybridized carbons (Fsp3) is 0.773. The molecule has 0 aromatic carbocycles. The molecule has 0 aromatic heterocycles. The summed E-state index contributed by atoms with van der Waals surface area (Å²) in [7, 11) is 0. The third-order valence-electron chi connectivity index (χ3n) is 9.40. The molecule has 1 saturated heterocycles. The highest BCUT2D eigenvalue weighted by Crippen LogP contribution is 2.65. The van der Waals surface area contributed by atoms with E-state index in [-0.39, 0.29) is 46.8 Å². The lowest BCUT2D eigenvalue weighted by molar-refractivity contribution is -0.160. The number of allylic oxidation sites excluding steroid dienone is 2. The van der Waals surface area contributed by atoms with Gasteiger partial charge in [-0.25, -0.2) is 0 Å². The largest absolute Gasteiger partial charge is 0.273 e. The molecule has 1 heterocycles. The van der Waals surface area contributed by atoms with Gasteiger partial charge in [-0.1, -0.05) is 12.2 Å². The van der Waals surface area contributed by atoms with Gasteiger partial charge < -0.3 is 0 Å². The van der Waals surface area contributed by atoms with Gasteiger partial charge in [0.25, 0.3) is 11.8 Å². The molecule has 7 fully saturated rings. The second-order valence-electron chi connectivity index (χ2n) is 10.8. The molecule has 5 heteroatoms. The number of hydrazine groups is 1. The van der Waals surface area contributed by atoms with Crippen LogP contribution in [0.4, 0.5) is 0 Å². The van der Waals surface area contributed by atoms with Gasteiger partial charge >= 0.3 is 0 Å². The molecular weight excluding hydrogens is 340 g/mol. The average Bonchev–Trinajstić information content (AvgIpc) is 3.41. The fourth-order valence-electron chi connectivity index (χ4n) is 8.68. The van der Waals surface area contributed by atoms with Crippen LogP contribution in [0.15, 0.2) is 12.2 Å². The number of amides is 3. The van der Waals surface area contributed by atoms with Crippen LogP contribution >= 0.6 is 0 Å². The summed E-state index contributed by atoms with van der Waals surface area (Å²) >= 11 is 0. The minimum atomic E-state index is -0.331. The zero-order chi connectivity index (χ0) is 18.1. The van der Waals surface area contributed by atoms with Crippen LogP contribution in [0.5, 0.6) is 0 Å². The molecule has 5 nitrogen and oxygen atoms in total. The summed E-state index contributed by atoms with van der Waals surface area (Å²) in [5.41, 5.74) is 2.53. The first kappa shape index (κ1) is 15.3. The second kappa shape index (κ2) is 4.66. The van der Waals surface area contributed by atoms with E-state index in [4.69, 9.17) is 0 Å². The zero-order valence-electron chi connectivity index (χ0n) is 15.5. The molecule has 6 bridgehead atoms. The number of hydrogen-bond donors (Lipinski definition) is 1. The first-order valence-corrected chi connectivity index (χ1v) is 10.9. The molecule has 6 saturated carbocycles. The van der Waals surface area contributed by atoms with E-state index in [0.717, 1.165) is 30.7 Å². The topological polar surface area (TPSA) is 66.5 Å². The van der Waals surface area contributed by atoms with Crippen molar-refractivity contribution in [1.29, 1.82) is 0 Å². The minimum absolute atomic E-state index is 0.0487. The third kappa shape index (κ3) is 1.79. The van der Waals surface area contributed by atoms with Crippen molar-refractivity contribution in [1.82, 2.24) is 10.4 Å². The lowest BCUT2D eigenvalue weighted by atomic mass is 9.49. The monoisotopic (exact) mass is 366 g/mol. The number of nitrogens with zero attached hydrogens (tertiary/aromatic N) is 1. The van der Waals surface area contributed by atoms with Gasteiger partial charge in [-0.05, 0) is 86.4 Å². The van der Waals surface area contributed by atoms with Crippen LogP contribution in [0, 0.1) is 58.7 Å². The molecule has 1 aliphatic heterocycles. The van der Waals surface area contributed by atoms with Crippen LogP contribution in [0.3, 0.4) is 0 Å². The zero-order valence-corrected chi connectivity index (χ0v) is 15.5. The van der Waals surface area contributed by atoms with Crippen molar-refractivity contribution in [3.63, 3.8) is 0 Å². The summed E-state index contributed by atoms with van der Waals surface area (Å²) in [6, 6.07) is 0. The number of carbonyl (C=O) groups is 3. The van der Waals surface area contributed by atoms with Gasteiger partial charge in [0.1, 0.15) is 0 Å². The Bertz CT molecular complexity index is 745. The molecule has 0 aromatic rings. The highest BCUT2D eigenvalue weighted by molar-refractivity contribution is 6.07. The van der Waals surface area contributed by atoms with Gasteiger partial charge in [0.05, 0.1) is 17.3 Å². The third-order valence-corrected chi connectivity index (χ3v) is 9.40. The number of rotatable bonds is 2. The lowest BCUT2D eigenvalue weighted by Crippen LogP contribution is -2.58. The molecule has 142 valence electrons. The Morgan fingerprint density at radius 3 is 1.81 bits per heavy atom. The maximum atomic E-state index is 13.3. The van der Waals surface area contributed by atoms with Gasteiger partial charge in [0.2, 0.25) is 5.91 Å². The Hall–Kier alpha value is -1.65. The van der Waals surface area contributed by atoms with Crippen molar-refractivity contribution < 1.29 is 14.4 Å². The summed E-state index contributed by atoms with van der Waals surface area (Å²) in [5.74, 6) is 2.82. The van der Waals surface area contributed by atoms with Crippen molar-refractivity contribution in [2.24, 2.45) is 58.7 Å². The van der Waals surface area contributed by atoms with Crippen molar-refractivity contribution in [3.05, 3.63) is 12.2 Å². The molecule has 8 aliphatic carbocycles. The van der Waals surface area contributed by atoms with Crippen molar-refractivity contribution >= 4 is 17.7 Å². The second-order valence-corrected chi connectivity index (χ2v) is 10.8. The minimum Gasteiger partial charge on any atom is -0.273 e. The standard InChI is InChI=1S/C22H26N2O3/c25-19-17-13-1-2-14(16-6-15(13)16)18(17)20(26)24(19)23-21(27)22-7-10-3-11(8-22)5-12(4-10)9-22/h1-2,10-18H,3-9H2,(H,23,27)/t10?,11?,12?,13-,14-,15-,16-,17-,18+,22?/m0/s1. The highest BCUT2D eigenvalue weighted by Gasteiger charge is 2.67. The van der Waals surface area contributed by atoms with Crippen molar-refractivity contribution in [3.8, 4) is 0 Å². The maximum absolute atomic E-state index is 13.3. The summed E-state index contributed by atoms with van der Waals surface area (Å²) in [5, 5.41) is 1.15. The van der Waals surface area contributed by atoms with E-state index in [1.54, 1.807) is 0 Å². The average molecular weight is 366 g/mol. The normalized spacial score (nSPS) is 55.7. The molecule has 9 rings (SSSR count). The van der Waals surface area contributed by atoms with Crippen LogP contribution < -0.4 is 5.43 Å². The molecule has 1 N–H and O–H groups in total. The molecule has 0 spiro atoms. The number of nitrogens with one attached hydrogen (secondary N) is 1. The number of carbonyl (C=O) groups excluding carboxylic acids is 3. The van der Waals surface area contributed by atoms with E-state index >= 15 is 0 Å². The van der Waals surface area contributed by atoms with Gasteiger partial charge in [0, 0.05) is 0 Å². The predicted octanol–water partition coefficient (Wildman–Crippen LogP) is 2.29. The van der Waals surface area contributed by atoms with E-state index in [1.165, 1.54) is 19.3 Å². The van der Waals surface area contributed by atoms with Crippen LogP contribution in [-0.4, -0.2) is 22.7 Å². The van der Waals surface area contributed by atoms with Crippen molar-refractivity contribution in [2.45, 2.75) is 44.9 Å². The van der Waals surface area contributed by atoms with Crippen LogP contribution in [0.25, 0.3) is 0 Å². The molecule has 3 amide bonds. The van der Waals surface area contributed by atoms with Crippen molar-refractivity contribution in [2.75, 3.05) is 0 Å². The molecule has 27 heavy (non-hydrogen) atoms. The highest BCUT2D eigenvalue weighted by atomic mass is 16.2. The Kier molecular flexibility index (Phi) is 2.64. The first-order valence-electron chi connectivity index (χ1n) is 10.9. The summed E-state index contributed by atoms with van der Waals surface area (Å²) < 4.78 is 0. The van der Waals surface area contributed by atoms with E-state index in [0.29, 0.717) is 29.6 Å². The summed E-state index contributed by atoms with van der Waals surface area (Å²) in [6.07, 6.45) is 12.2. The molecule has 9 aliphatic rings. The molecular formula is C22H26N2O3. The Labute approximate surface area is 158 Å². The molecule has 0 unspecified atom stereocenters. The van der Waals surface area contributed by atoms with Gasteiger partial charge in [-0.3, -0.25) is 19.8 Å². The van der Waals surface area contributed by atoms with Crippen LogP contribution in [0.2, 0.25) is 0 Å². The Morgan fingerprint density at radius 2 is 1.33 bits per heavy atom. The molecule has 0 radical (unpaired) electrons. The van der Waals surface area contributed by atoms with E-state index in [9.17, 15) is 14.4 Å². The van der Waals surface area contributed by atoms with Crippen LogP contribution in [0.1, 0.15) is 44.9 Å². The van der Waals surface area contributed by atoms with E-state index in [2.05, 4.69) is 17.6 Å². The maximum Gasteiger partial charge on any atom is 0.252 e. The predicted molar refractivity (Wildman–Crippen MR) is 95.3 cm³/mol. The van der Waals surface area contributed by atoms with Crippen LogP contribution in [-0.2, 0) is 14.4 Å². The number of imide groups is 1. The Balaban J connectivity index is 1.16. The Morgan fingerprint density at radius 1 is 0.852 bits per heavy atom. The SMILES string of the molecule is O=C1[C@@H]2[C@H]3C=C[C@@H]([C@@H]4C[C@@H]34)[C@@H]2C(=O)N1NC(=O)C12CC3CC(CC(C3)C1)C2. The van der Waals surface area contributed by atoms with Gasteiger partial charge in [-0.15, -0.1) is 0 Å². The van der Waals surface area contributed by atoms with Gasteiger partial charge in [-0.2, -0.15) is 5.01 Å². The lowest BCUT2D eigenvalue weighted by Gasteiger charge is -2.55. The van der Waals surface area contributed by atoms with E-state index in [1.807, 2.05) is 0 Å². The summed E-state index contributed by atoms with van der Waals surface area (Å²) in [6.45, 7) is 0. The quantitative estimate of drug-likeness (QED) is 0.602. The smallest absolute Gasteiger partial charge is 0.252 e. The number of hydrogen-bond acceptors (Lipinski definition) is 3.